The molecule has 3 N–H and O–H groups in total. The third-order valence-corrected chi connectivity index (χ3v) is 4.79. The molecule has 0 spiro atoms. The molecule has 19 heavy (non-hydrogen) atoms. The van der Waals surface area contributed by atoms with Gasteiger partial charge in [-0.15, -0.1) is 0 Å². The van der Waals surface area contributed by atoms with Crippen LogP contribution in [0.2, 0.25) is 0 Å². The predicted octanol–water partition coefficient (Wildman–Crippen LogP) is 1.21. The molecule has 0 aromatic rings. The first-order valence-electron chi connectivity index (χ1n) is 7.78. The molecule has 0 aromatic heterocycles. The van der Waals surface area contributed by atoms with Crippen LogP contribution in [-0.2, 0) is 4.79 Å². The van der Waals surface area contributed by atoms with Gasteiger partial charge in [0, 0.05) is 19.1 Å². The van der Waals surface area contributed by atoms with E-state index in [0.717, 1.165) is 25.9 Å². The van der Waals surface area contributed by atoms with Crippen LogP contribution in [0.4, 0.5) is 0 Å². The van der Waals surface area contributed by atoms with Crippen molar-refractivity contribution in [3.05, 3.63) is 0 Å². The van der Waals surface area contributed by atoms with E-state index in [4.69, 9.17) is 5.73 Å². The van der Waals surface area contributed by atoms with Gasteiger partial charge in [-0.25, -0.2) is 0 Å². The van der Waals surface area contributed by atoms with Gasteiger partial charge in [0.2, 0.25) is 5.91 Å². The van der Waals surface area contributed by atoms with E-state index in [0.29, 0.717) is 11.8 Å². The van der Waals surface area contributed by atoms with Crippen LogP contribution in [0.25, 0.3) is 0 Å². The highest BCUT2D eigenvalue weighted by Crippen LogP contribution is 2.28. The number of nitrogens with one attached hydrogen (secondary N) is 1. The zero-order valence-electron chi connectivity index (χ0n) is 12.4. The van der Waals surface area contributed by atoms with Gasteiger partial charge in [-0.3, -0.25) is 4.79 Å². The molecule has 4 unspecified atom stereocenters. The number of carbonyl (C=O) groups is 1. The van der Waals surface area contributed by atoms with Gasteiger partial charge in [0.05, 0.1) is 5.92 Å². The Balaban J connectivity index is 1.77. The number of likely N-dealkylation sites (tertiary alicyclic amines) is 1. The van der Waals surface area contributed by atoms with Crippen molar-refractivity contribution >= 4 is 5.91 Å². The molecule has 4 heteroatoms. The zero-order valence-corrected chi connectivity index (χ0v) is 12.4. The Hall–Kier alpha value is -0.610. The fourth-order valence-corrected chi connectivity index (χ4v) is 3.52. The second kappa shape index (κ2) is 6.71. The summed E-state index contributed by atoms with van der Waals surface area (Å²) in [6.07, 6.45) is 5.59. The Labute approximate surface area is 117 Å². The average molecular weight is 267 g/mol. The van der Waals surface area contributed by atoms with Gasteiger partial charge < -0.3 is 16.0 Å². The van der Waals surface area contributed by atoms with Crippen LogP contribution < -0.4 is 11.1 Å². The molecule has 0 bridgehead atoms. The summed E-state index contributed by atoms with van der Waals surface area (Å²) in [6, 6.07) is 0.0604. The molecule has 110 valence electrons. The maximum absolute atomic E-state index is 12.3. The molecule has 1 aliphatic carbocycles. The second-order valence-corrected chi connectivity index (χ2v) is 6.70. The van der Waals surface area contributed by atoms with Crippen molar-refractivity contribution in [3.63, 3.8) is 0 Å². The number of hydrogen-bond donors (Lipinski definition) is 2. The molecule has 0 radical (unpaired) electrons. The van der Waals surface area contributed by atoms with E-state index in [-0.39, 0.29) is 17.9 Å². The highest BCUT2D eigenvalue weighted by molar-refractivity contribution is 5.79. The molecule has 1 amide bonds. The molecule has 4 nitrogen and oxygen atoms in total. The second-order valence-electron chi connectivity index (χ2n) is 6.70. The van der Waals surface area contributed by atoms with Crippen molar-refractivity contribution < 1.29 is 4.79 Å². The summed E-state index contributed by atoms with van der Waals surface area (Å²) < 4.78 is 0. The third-order valence-electron chi connectivity index (χ3n) is 4.79. The number of hydrogen-bond acceptors (Lipinski definition) is 3. The molecule has 1 saturated heterocycles. The minimum absolute atomic E-state index is 0.0325. The summed E-state index contributed by atoms with van der Waals surface area (Å²) >= 11 is 0. The molecule has 2 aliphatic rings. The summed E-state index contributed by atoms with van der Waals surface area (Å²) in [4.78, 5) is 14.6. The van der Waals surface area contributed by atoms with E-state index in [1.807, 2.05) is 0 Å². The lowest BCUT2D eigenvalue weighted by molar-refractivity contribution is -0.127. The van der Waals surface area contributed by atoms with E-state index in [2.05, 4.69) is 24.2 Å². The van der Waals surface area contributed by atoms with Crippen LogP contribution in [0.3, 0.4) is 0 Å². The molecular weight excluding hydrogens is 238 g/mol. The monoisotopic (exact) mass is 267 g/mol. The van der Waals surface area contributed by atoms with Gasteiger partial charge in [-0.2, -0.15) is 0 Å². The molecule has 4 atom stereocenters. The maximum atomic E-state index is 12.3. The van der Waals surface area contributed by atoms with Crippen molar-refractivity contribution in [3.8, 4) is 0 Å². The minimum Gasteiger partial charge on any atom is -0.355 e. The Morgan fingerprint density at radius 1 is 1.37 bits per heavy atom. The Morgan fingerprint density at radius 2 is 2.16 bits per heavy atom. The highest BCUT2D eigenvalue weighted by atomic mass is 16.1. The summed E-state index contributed by atoms with van der Waals surface area (Å²) in [5, 5.41) is 3.15. The van der Waals surface area contributed by atoms with E-state index in [9.17, 15) is 4.79 Å². The zero-order chi connectivity index (χ0) is 13.8. The molecular formula is C15H29N3O. The lowest BCUT2D eigenvalue weighted by Crippen LogP contribution is -2.47. The normalized spacial score (nSPS) is 37.0. The van der Waals surface area contributed by atoms with E-state index < -0.39 is 0 Å². The number of rotatable bonds is 3. The Morgan fingerprint density at radius 3 is 2.89 bits per heavy atom. The molecule has 1 aliphatic heterocycles. The SMILES string of the molecule is CC1CCC(N)C(C(=O)NCC2CCCN(C)C2)C1. The number of carbonyl (C=O) groups excluding carboxylic acids is 1. The predicted molar refractivity (Wildman–Crippen MR) is 77.7 cm³/mol. The van der Waals surface area contributed by atoms with Crippen LogP contribution in [0.1, 0.15) is 39.0 Å². The largest absolute Gasteiger partial charge is 0.355 e. The highest BCUT2D eigenvalue weighted by Gasteiger charge is 2.31. The van der Waals surface area contributed by atoms with Crippen molar-refractivity contribution in [2.24, 2.45) is 23.5 Å². The van der Waals surface area contributed by atoms with Gasteiger partial charge in [-0.05, 0) is 57.5 Å². The van der Waals surface area contributed by atoms with Gasteiger partial charge >= 0.3 is 0 Å². The molecule has 2 rings (SSSR count). The number of nitrogens with zero attached hydrogens (tertiary/aromatic N) is 1. The van der Waals surface area contributed by atoms with E-state index in [1.54, 1.807) is 0 Å². The van der Waals surface area contributed by atoms with Gasteiger partial charge in [0.1, 0.15) is 0 Å². The van der Waals surface area contributed by atoms with Gasteiger partial charge in [0.25, 0.3) is 0 Å². The average Bonchev–Trinajstić information content (AvgIpc) is 2.39. The lowest BCUT2D eigenvalue weighted by Gasteiger charge is -2.33. The van der Waals surface area contributed by atoms with Crippen LogP contribution in [0.5, 0.6) is 0 Å². The standard InChI is InChI=1S/C15H29N3O/c1-11-5-6-14(16)13(8-11)15(19)17-9-12-4-3-7-18(2)10-12/h11-14H,3-10,16H2,1-2H3,(H,17,19). The first kappa shape index (κ1) is 14.8. The summed E-state index contributed by atoms with van der Waals surface area (Å²) in [5.41, 5.74) is 6.10. The van der Waals surface area contributed by atoms with Crippen LogP contribution in [0, 0.1) is 17.8 Å². The third kappa shape index (κ3) is 4.18. The summed E-state index contributed by atoms with van der Waals surface area (Å²) in [5.74, 6) is 1.47. The molecule has 1 saturated carbocycles. The van der Waals surface area contributed by atoms with Crippen LogP contribution in [0.15, 0.2) is 0 Å². The molecule has 2 fully saturated rings. The number of piperidine rings is 1. The fraction of sp³-hybridized carbons (Fsp3) is 0.933. The van der Waals surface area contributed by atoms with Gasteiger partial charge in [0.15, 0.2) is 0 Å². The van der Waals surface area contributed by atoms with Crippen molar-refractivity contribution in [1.29, 1.82) is 0 Å². The number of nitrogens with two attached hydrogens (primary N) is 1. The first-order valence-corrected chi connectivity index (χ1v) is 7.78. The van der Waals surface area contributed by atoms with Crippen LogP contribution >= 0.6 is 0 Å². The smallest absolute Gasteiger partial charge is 0.224 e. The quantitative estimate of drug-likeness (QED) is 0.808. The van der Waals surface area contributed by atoms with Crippen molar-refractivity contribution in [2.45, 2.75) is 45.1 Å². The van der Waals surface area contributed by atoms with Crippen LogP contribution in [-0.4, -0.2) is 43.5 Å². The van der Waals surface area contributed by atoms with E-state index >= 15 is 0 Å². The minimum atomic E-state index is 0.0325. The van der Waals surface area contributed by atoms with Gasteiger partial charge in [-0.1, -0.05) is 6.92 Å². The lowest BCUT2D eigenvalue weighted by atomic mass is 9.78. The van der Waals surface area contributed by atoms with E-state index in [1.165, 1.54) is 25.8 Å². The molecule has 0 aromatic carbocycles. The topological polar surface area (TPSA) is 58.4 Å². The summed E-state index contributed by atoms with van der Waals surface area (Å²) in [6.45, 7) is 5.34. The fourth-order valence-electron chi connectivity index (χ4n) is 3.52. The Kier molecular flexibility index (Phi) is 5.22. The molecule has 1 heterocycles. The first-order chi connectivity index (χ1) is 9.06. The van der Waals surface area contributed by atoms with Crippen molar-refractivity contribution in [2.75, 3.05) is 26.7 Å². The van der Waals surface area contributed by atoms with Crippen molar-refractivity contribution in [1.82, 2.24) is 10.2 Å². The Bertz CT molecular complexity index is 308. The summed E-state index contributed by atoms with van der Waals surface area (Å²) in [7, 11) is 2.16. The maximum Gasteiger partial charge on any atom is 0.224 e. The number of amides is 1.